The third-order valence-electron chi connectivity index (χ3n) is 5.08. The summed E-state index contributed by atoms with van der Waals surface area (Å²) in [5, 5.41) is 40.8. The van der Waals surface area contributed by atoms with E-state index in [9.17, 15) is 30.8 Å². The number of ether oxygens (including phenoxy) is 2. The summed E-state index contributed by atoms with van der Waals surface area (Å²) in [5.41, 5.74) is 0.900. The predicted octanol–water partition coefficient (Wildman–Crippen LogP) is 6.09. The first-order chi connectivity index (χ1) is 17.4. The largest absolute Gasteiger partial charge is 0.457 e. The number of benzene rings is 3. The first kappa shape index (κ1) is 23.4. The van der Waals surface area contributed by atoms with Crippen LogP contribution in [0.4, 0.5) is 11.4 Å². The van der Waals surface area contributed by atoms with Gasteiger partial charge in [-0.15, -0.1) is 0 Å². The van der Waals surface area contributed by atoms with Gasteiger partial charge in [-0.3, -0.25) is 20.2 Å². The Kier molecular flexibility index (Phi) is 6.53. The van der Waals surface area contributed by atoms with Crippen molar-refractivity contribution in [3.8, 4) is 29.4 Å². The molecule has 0 aromatic heterocycles. The monoisotopic (exact) mass is 478 g/mol. The van der Waals surface area contributed by atoms with Gasteiger partial charge in [0.2, 0.25) is 5.75 Å². The van der Waals surface area contributed by atoms with Crippen molar-refractivity contribution < 1.29 is 19.3 Å². The van der Waals surface area contributed by atoms with Crippen LogP contribution in [0.5, 0.6) is 17.2 Å². The predicted molar refractivity (Wildman–Crippen MR) is 129 cm³/mol. The van der Waals surface area contributed by atoms with Gasteiger partial charge in [-0.05, 0) is 42.0 Å². The van der Waals surface area contributed by atoms with Gasteiger partial charge in [0.05, 0.1) is 15.9 Å². The zero-order valence-electron chi connectivity index (χ0n) is 18.3. The van der Waals surface area contributed by atoms with Crippen LogP contribution >= 0.6 is 0 Å². The molecule has 1 heterocycles. The highest BCUT2D eigenvalue weighted by molar-refractivity contribution is 5.87. The molecule has 10 nitrogen and oxygen atoms in total. The van der Waals surface area contributed by atoms with E-state index in [-0.39, 0.29) is 11.3 Å². The number of para-hydroxylation sites is 1. The number of hydrogen-bond donors (Lipinski definition) is 0. The van der Waals surface area contributed by atoms with E-state index in [2.05, 4.69) is 0 Å². The van der Waals surface area contributed by atoms with Crippen LogP contribution in [0.25, 0.3) is 11.6 Å². The minimum atomic E-state index is -0.748. The van der Waals surface area contributed by atoms with Crippen LogP contribution in [-0.4, -0.2) is 9.85 Å². The topological polar surface area (TPSA) is 152 Å². The highest BCUT2D eigenvalue weighted by atomic mass is 16.6. The van der Waals surface area contributed by atoms with Crippen LogP contribution in [0.3, 0.4) is 0 Å². The van der Waals surface area contributed by atoms with Crippen LogP contribution in [-0.2, 0) is 0 Å². The van der Waals surface area contributed by atoms with Crippen molar-refractivity contribution >= 4 is 23.0 Å². The molecule has 0 saturated heterocycles. The fraction of sp³-hybridized carbons (Fsp3) is 0. The van der Waals surface area contributed by atoms with Crippen molar-refractivity contribution in [3.63, 3.8) is 0 Å². The van der Waals surface area contributed by atoms with Crippen molar-refractivity contribution in [2.24, 2.45) is 0 Å². The Morgan fingerprint density at radius 1 is 0.917 bits per heavy atom. The molecular formula is C26H14N4O6. The standard InChI is InChI=1S/C26H14N4O6/c27-15-18(16-28)23-14-21(36-25-4-2-1-3-22(23)25)11-7-17-5-9-20(10-6-17)35-26-12-8-19(29(31)32)13-24(26)30(33)34/h1-14H. The maximum absolute atomic E-state index is 11.3. The molecule has 3 aromatic rings. The second-order valence-electron chi connectivity index (χ2n) is 7.33. The summed E-state index contributed by atoms with van der Waals surface area (Å²) in [6.07, 6.45) is 5.04. The van der Waals surface area contributed by atoms with Gasteiger partial charge in [0.25, 0.3) is 5.69 Å². The summed E-state index contributed by atoms with van der Waals surface area (Å²) in [6.45, 7) is 0. The van der Waals surface area contributed by atoms with Gasteiger partial charge < -0.3 is 9.47 Å². The number of nitrogens with zero attached hydrogens (tertiary/aromatic N) is 4. The van der Waals surface area contributed by atoms with Crippen molar-refractivity contribution in [2.75, 3.05) is 0 Å². The lowest BCUT2D eigenvalue weighted by Gasteiger charge is -2.18. The molecule has 1 aliphatic heterocycles. The molecular weight excluding hydrogens is 464 g/mol. The van der Waals surface area contributed by atoms with Crippen molar-refractivity contribution in [1.82, 2.24) is 0 Å². The normalized spacial score (nSPS) is 11.9. The summed E-state index contributed by atoms with van der Waals surface area (Å²) in [5.74, 6) is 1.11. The maximum Gasteiger partial charge on any atom is 0.318 e. The van der Waals surface area contributed by atoms with Crippen LogP contribution < -0.4 is 9.47 Å². The number of nitro groups is 2. The van der Waals surface area contributed by atoms with Crippen molar-refractivity contribution in [2.45, 2.75) is 0 Å². The van der Waals surface area contributed by atoms with E-state index < -0.39 is 21.2 Å². The molecule has 0 bridgehead atoms. The lowest BCUT2D eigenvalue weighted by Crippen LogP contribution is -2.03. The maximum atomic E-state index is 11.3. The molecule has 0 N–H and O–H groups in total. The Balaban J connectivity index is 1.55. The summed E-state index contributed by atoms with van der Waals surface area (Å²) in [4.78, 5) is 20.7. The summed E-state index contributed by atoms with van der Waals surface area (Å²) >= 11 is 0. The Morgan fingerprint density at radius 2 is 1.64 bits per heavy atom. The molecule has 0 radical (unpaired) electrons. The first-order valence-electron chi connectivity index (χ1n) is 10.3. The van der Waals surface area contributed by atoms with Crippen LogP contribution in [0, 0.1) is 42.9 Å². The minimum absolute atomic E-state index is 0.0292. The van der Waals surface area contributed by atoms with Gasteiger partial charge in [0, 0.05) is 17.2 Å². The molecule has 0 saturated carbocycles. The lowest BCUT2D eigenvalue weighted by atomic mass is 9.97. The van der Waals surface area contributed by atoms with E-state index in [1.807, 2.05) is 12.1 Å². The van der Waals surface area contributed by atoms with E-state index >= 15 is 0 Å². The van der Waals surface area contributed by atoms with Gasteiger partial charge in [-0.25, -0.2) is 0 Å². The number of nitro benzene ring substituents is 2. The van der Waals surface area contributed by atoms with Crippen molar-refractivity contribution in [3.05, 3.63) is 122 Å². The average Bonchev–Trinajstić information content (AvgIpc) is 2.89. The number of nitriles is 2. The number of hydrogen-bond acceptors (Lipinski definition) is 8. The SMILES string of the molecule is N#CC(C#N)=C1C=C(C=Cc2ccc(Oc3ccc([N+](=O)[O-])cc3[N+](=O)[O-])cc2)Oc2ccccc21. The average molecular weight is 478 g/mol. The molecule has 0 atom stereocenters. The molecule has 36 heavy (non-hydrogen) atoms. The number of rotatable bonds is 6. The molecule has 0 spiro atoms. The number of allylic oxidation sites excluding steroid dienone is 4. The fourth-order valence-electron chi connectivity index (χ4n) is 3.39. The van der Waals surface area contributed by atoms with Gasteiger partial charge >= 0.3 is 5.69 Å². The zero-order valence-corrected chi connectivity index (χ0v) is 18.3. The van der Waals surface area contributed by atoms with Crippen LogP contribution in [0.1, 0.15) is 11.1 Å². The highest BCUT2D eigenvalue weighted by Gasteiger charge is 2.21. The molecule has 0 amide bonds. The van der Waals surface area contributed by atoms with Gasteiger partial charge in [0.1, 0.15) is 35.0 Å². The van der Waals surface area contributed by atoms with Gasteiger partial charge in [-0.2, -0.15) is 10.5 Å². The molecule has 0 aliphatic carbocycles. The third kappa shape index (κ3) is 4.93. The van der Waals surface area contributed by atoms with Gasteiger partial charge in [-0.1, -0.05) is 36.4 Å². The van der Waals surface area contributed by atoms with Crippen LogP contribution in [0.15, 0.2) is 90.2 Å². The van der Waals surface area contributed by atoms with E-state index in [1.54, 1.807) is 66.8 Å². The Hall–Kier alpha value is -5.74. The van der Waals surface area contributed by atoms with Gasteiger partial charge in [0.15, 0.2) is 0 Å². The summed E-state index contributed by atoms with van der Waals surface area (Å²) in [6, 6.07) is 20.6. The highest BCUT2D eigenvalue weighted by Crippen LogP contribution is 2.36. The van der Waals surface area contributed by atoms with E-state index in [0.717, 1.165) is 17.7 Å². The molecule has 0 unspecified atom stereocenters. The molecule has 1 aliphatic rings. The lowest BCUT2D eigenvalue weighted by molar-refractivity contribution is -0.394. The second-order valence-corrected chi connectivity index (χ2v) is 7.33. The summed E-state index contributed by atoms with van der Waals surface area (Å²) in [7, 11) is 0. The number of fused-ring (bicyclic) bond motifs is 1. The van der Waals surface area contributed by atoms with Crippen molar-refractivity contribution in [1.29, 1.82) is 10.5 Å². The quantitative estimate of drug-likeness (QED) is 0.234. The molecule has 0 fully saturated rings. The second kappa shape index (κ2) is 10.0. The molecule has 4 rings (SSSR count). The zero-order chi connectivity index (χ0) is 25.7. The number of non-ortho nitro benzene ring substituents is 1. The van der Waals surface area contributed by atoms with Crippen LogP contribution in [0.2, 0.25) is 0 Å². The Labute approximate surface area is 204 Å². The minimum Gasteiger partial charge on any atom is -0.457 e. The smallest absolute Gasteiger partial charge is 0.318 e. The Bertz CT molecular complexity index is 1540. The fourth-order valence-corrected chi connectivity index (χ4v) is 3.39. The molecule has 174 valence electrons. The molecule has 10 heteroatoms. The van der Waals surface area contributed by atoms with E-state index in [1.165, 1.54) is 6.07 Å². The van der Waals surface area contributed by atoms with E-state index in [0.29, 0.717) is 28.4 Å². The first-order valence-corrected chi connectivity index (χ1v) is 10.3. The molecule has 3 aromatic carbocycles. The third-order valence-corrected chi connectivity index (χ3v) is 5.08. The van der Waals surface area contributed by atoms with E-state index in [4.69, 9.17) is 9.47 Å². The Morgan fingerprint density at radius 3 is 2.31 bits per heavy atom. The summed E-state index contributed by atoms with van der Waals surface area (Å²) < 4.78 is 11.4.